The van der Waals surface area contributed by atoms with E-state index in [4.69, 9.17) is 46.0 Å². The van der Waals surface area contributed by atoms with E-state index in [1.807, 2.05) is 13.8 Å². The summed E-state index contributed by atoms with van der Waals surface area (Å²) in [6.07, 6.45) is -4.17. The molecule has 3 atom stereocenters. The van der Waals surface area contributed by atoms with Gasteiger partial charge in [0, 0.05) is 79.0 Å². The van der Waals surface area contributed by atoms with Crippen LogP contribution in [-0.4, -0.2) is 250 Å². The Kier molecular flexibility index (Phi) is 41.0. The summed E-state index contributed by atoms with van der Waals surface area (Å²) in [6, 6.07) is 8.50. The van der Waals surface area contributed by atoms with Crippen LogP contribution in [0.4, 0.5) is 20.2 Å². The smallest absolute Gasteiger partial charge is 0.333 e. The van der Waals surface area contributed by atoms with Gasteiger partial charge in [-0.3, -0.25) is 47.9 Å². The van der Waals surface area contributed by atoms with Crippen LogP contribution in [0.5, 0.6) is 0 Å². The first kappa shape index (κ1) is 92.2. The van der Waals surface area contributed by atoms with Crippen molar-refractivity contribution in [3.8, 4) is 0 Å². The zero-order chi connectivity index (χ0) is 80.1. The van der Waals surface area contributed by atoms with Gasteiger partial charge in [-0.15, -0.1) is 0 Å². The highest BCUT2D eigenvalue weighted by Crippen LogP contribution is 2.34. The lowest BCUT2D eigenvalue weighted by Gasteiger charge is -2.18. The topological polar surface area (TPSA) is 521 Å². The second kappa shape index (κ2) is 46.7. The van der Waals surface area contributed by atoms with Gasteiger partial charge < -0.3 is 102 Å². The number of carbonyl (C=O) groups excluding carboxylic acids is 7. The van der Waals surface area contributed by atoms with E-state index in [0.717, 1.165) is 105 Å². The van der Waals surface area contributed by atoms with Crippen molar-refractivity contribution < 1.29 is 117 Å². The number of hydrogen-bond donors (Lipinski definition) is 17. The second-order valence-corrected chi connectivity index (χ2v) is 23.2. The molecule has 17 N–H and O–H groups in total. The molecule has 0 unspecified atom stereocenters. The predicted molar refractivity (Wildman–Crippen MR) is 381 cm³/mol. The number of amides is 5. The maximum absolute atomic E-state index is 13.7. The van der Waals surface area contributed by atoms with Crippen molar-refractivity contribution in [2.45, 2.75) is 127 Å². The summed E-state index contributed by atoms with van der Waals surface area (Å²) < 4.78 is 26.2. The minimum atomic E-state index is -1.79. The number of rotatable bonds is 30. The number of aromatic nitrogens is 3. The molecule has 2 aliphatic rings. The SMILES string of the molecule is CCN(CC)CCNC(=O)c1c(C)[nH]c(/C=C2\C(=O)Nc3ccc(F)cc32)c1C.CCN(CC)CCNC(=O)c1c(C)[nH]c(C=O)c1C.CCN(CC)CCNC(=O)c1c(C)[nH]c(C=O)c1C.O=C(O)C[C@H](O)C(=O)O.O=C(O)C[C@H](O)C(=O)O.O=C(O)C[C@H](O)C(=O)O.O=C1Cc2cc(F)ccc2N1. The molecule has 0 saturated heterocycles. The average Bonchev–Trinajstić information content (AvgIpc) is 1.64. The molecular formula is C70H97F2N11O22. The van der Waals surface area contributed by atoms with E-state index in [0.29, 0.717) is 87.8 Å². The third-order valence-corrected chi connectivity index (χ3v) is 15.9. The molecule has 0 aliphatic carbocycles. The Morgan fingerprint density at radius 1 is 0.476 bits per heavy atom. The molecule has 33 nitrogen and oxygen atoms in total. The van der Waals surface area contributed by atoms with Crippen LogP contribution in [0, 0.1) is 53.2 Å². The number of nitrogens with one attached hydrogen (secondary N) is 8. The number of carboxylic acids is 6. The van der Waals surface area contributed by atoms with E-state index < -0.39 is 79.2 Å². The molecule has 0 fully saturated rings. The van der Waals surface area contributed by atoms with Crippen molar-refractivity contribution in [2.75, 3.05) is 89.2 Å². The third-order valence-electron chi connectivity index (χ3n) is 15.9. The minimum absolute atomic E-state index is 0.0643. The van der Waals surface area contributed by atoms with Gasteiger partial charge in [-0.25, -0.2) is 23.2 Å². The van der Waals surface area contributed by atoms with Crippen LogP contribution in [0.2, 0.25) is 0 Å². The lowest BCUT2D eigenvalue weighted by Crippen LogP contribution is -2.35. The highest BCUT2D eigenvalue weighted by molar-refractivity contribution is 6.35. The van der Waals surface area contributed by atoms with Crippen molar-refractivity contribution in [1.29, 1.82) is 0 Å². The number of H-pyrrole nitrogens is 3. The normalized spacial score (nSPS) is 12.6. The number of hydrogen-bond acceptors (Lipinski definition) is 19. The van der Waals surface area contributed by atoms with E-state index in [1.54, 1.807) is 45.9 Å². The van der Waals surface area contributed by atoms with E-state index in [9.17, 15) is 71.1 Å². The molecule has 0 saturated carbocycles. The number of anilines is 2. The molecule has 0 spiro atoms. The van der Waals surface area contributed by atoms with Crippen LogP contribution in [0.1, 0.15) is 163 Å². The van der Waals surface area contributed by atoms with Gasteiger partial charge in [0.25, 0.3) is 23.6 Å². The number of carboxylic acid groups (broad SMARTS) is 6. The standard InChI is InChI=1S/C22H27FN4O2.2C14H23N3O2.C8H6FNO.3C4H6O5/c1-5-27(6-2)10-9-24-22(29)20-13(3)19(25-14(20)4)12-17-16-11-15(23)7-8-18(16)26-21(17)28;2*1-5-17(6-2)8-7-15-14(19)13-10(3)12(9-18)16-11(13)4;9-6-1-2-7-5(3-6)4-8(11)10-7;3*5-2(4(8)9)1-3(6)7/h7-8,11-12,25H,5-6,9-10H2,1-4H3,(H,24,29)(H,26,28);2*9,16H,5-8H2,1-4H3,(H,15,19);1-3H,4H2,(H,10,11);3*2,5H,1H2,(H,6,7)(H,8,9)/b17-12-;;;;;;/t;;;;3*2-/m....000/s1. The number of aliphatic hydroxyl groups is 3. The van der Waals surface area contributed by atoms with Crippen LogP contribution >= 0.6 is 0 Å². The maximum atomic E-state index is 13.7. The van der Waals surface area contributed by atoms with E-state index in [2.05, 4.69) is 97.8 Å². The zero-order valence-corrected chi connectivity index (χ0v) is 60.7. The summed E-state index contributed by atoms with van der Waals surface area (Å²) in [5.41, 5.74) is 10.7. The van der Waals surface area contributed by atoms with Gasteiger partial charge in [0.2, 0.25) is 5.91 Å². The number of likely N-dealkylation sites (N-methyl/N-ethyl adjacent to an activating group) is 3. The average molecular weight is 1480 g/mol. The molecule has 2 aromatic carbocycles. The van der Waals surface area contributed by atoms with Gasteiger partial charge in [0.1, 0.15) is 11.6 Å². The molecule has 0 radical (unpaired) electrons. The van der Waals surface area contributed by atoms with Gasteiger partial charge in [-0.05, 0) is 146 Å². The number of carbonyl (C=O) groups is 13. The molecule has 7 rings (SSSR count). The number of aldehydes is 2. The van der Waals surface area contributed by atoms with Crippen molar-refractivity contribution in [2.24, 2.45) is 0 Å². The summed E-state index contributed by atoms with van der Waals surface area (Å²) in [5, 5.41) is 86.6. The minimum Gasteiger partial charge on any atom is -0.481 e. The fourth-order valence-corrected chi connectivity index (χ4v) is 10.00. The molecule has 5 aromatic rings. The molecule has 105 heavy (non-hydrogen) atoms. The fraction of sp³-hybridized carbons (Fsp3) is 0.443. The molecule has 578 valence electrons. The number of halogens is 2. The largest absolute Gasteiger partial charge is 0.481 e. The monoisotopic (exact) mass is 1480 g/mol. The van der Waals surface area contributed by atoms with Crippen molar-refractivity contribution >= 4 is 101 Å². The van der Waals surface area contributed by atoms with Crippen molar-refractivity contribution in [3.05, 3.63) is 127 Å². The molecule has 2 aliphatic heterocycles. The summed E-state index contributed by atoms with van der Waals surface area (Å²) in [4.78, 5) is 156. The molecule has 3 aromatic heterocycles. The third kappa shape index (κ3) is 31.3. The highest BCUT2D eigenvalue weighted by Gasteiger charge is 2.27. The van der Waals surface area contributed by atoms with Gasteiger partial charge in [-0.1, -0.05) is 41.5 Å². The van der Waals surface area contributed by atoms with Crippen molar-refractivity contribution in [1.82, 2.24) is 45.6 Å². The summed E-state index contributed by atoms with van der Waals surface area (Å²) in [6.45, 7) is 33.5. The molecule has 5 amide bonds. The summed E-state index contributed by atoms with van der Waals surface area (Å²) in [7, 11) is 0. The van der Waals surface area contributed by atoms with Crippen molar-refractivity contribution in [3.63, 3.8) is 0 Å². The number of fused-ring (bicyclic) bond motifs is 2. The number of nitrogens with zero attached hydrogens (tertiary/aromatic N) is 3. The van der Waals surface area contributed by atoms with E-state index in [1.165, 1.54) is 24.3 Å². The summed E-state index contributed by atoms with van der Waals surface area (Å²) >= 11 is 0. The van der Waals surface area contributed by atoms with E-state index >= 15 is 0 Å². The van der Waals surface area contributed by atoms with Crippen LogP contribution in [-0.2, 0) is 44.8 Å². The Balaban J connectivity index is 0.000000644. The van der Waals surface area contributed by atoms with Gasteiger partial charge in [-0.2, -0.15) is 0 Å². The van der Waals surface area contributed by atoms with Gasteiger partial charge >= 0.3 is 35.8 Å². The zero-order valence-electron chi connectivity index (χ0n) is 60.7. The number of aliphatic carboxylic acids is 6. The first-order valence-corrected chi connectivity index (χ1v) is 33.1. The lowest BCUT2D eigenvalue weighted by molar-refractivity contribution is -0.153. The second-order valence-electron chi connectivity index (χ2n) is 23.2. The lowest BCUT2D eigenvalue weighted by atomic mass is 10.0. The molecule has 0 bridgehead atoms. The Labute approximate surface area is 604 Å². The highest BCUT2D eigenvalue weighted by atomic mass is 19.1. The predicted octanol–water partition coefficient (Wildman–Crippen LogP) is 4.41. The number of benzene rings is 2. The van der Waals surface area contributed by atoms with E-state index in [-0.39, 0.29) is 35.4 Å². The van der Waals surface area contributed by atoms with Crippen LogP contribution in [0.15, 0.2) is 36.4 Å². The Morgan fingerprint density at radius 2 is 0.790 bits per heavy atom. The number of aromatic amines is 3. The van der Waals surface area contributed by atoms with Crippen LogP contribution in [0.25, 0.3) is 11.6 Å². The van der Waals surface area contributed by atoms with Crippen LogP contribution < -0.4 is 26.6 Å². The first-order valence-electron chi connectivity index (χ1n) is 33.1. The van der Waals surface area contributed by atoms with Gasteiger partial charge in [0.15, 0.2) is 30.9 Å². The number of aliphatic hydroxyl groups excluding tert-OH is 3. The van der Waals surface area contributed by atoms with Gasteiger partial charge in [0.05, 0.1) is 59.3 Å². The Morgan fingerprint density at radius 3 is 1.09 bits per heavy atom. The number of aryl methyl sites for hydroxylation is 3. The molecule has 5 heterocycles. The fourth-order valence-electron chi connectivity index (χ4n) is 10.00. The maximum Gasteiger partial charge on any atom is 0.333 e. The summed E-state index contributed by atoms with van der Waals surface area (Å²) in [5.74, 6) is -9.97. The molecular weight excluding hydrogens is 1380 g/mol. The first-order chi connectivity index (χ1) is 49.3. The Hall–Kier alpha value is -10.9. The molecule has 35 heteroatoms. The quantitative estimate of drug-likeness (QED) is 0.0224. The Bertz CT molecular complexity index is 3690. The van der Waals surface area contributed by atoms with Crippen LogP contribution in [0.3, 0.4) is 0 Å².